The fourth-order valence-electron chi connectivity index (χ4n) is 0.535. The summed E-state index contributed by atoms with van der Waals surface area (Å²) >= 11 is 0. The SMILES string of the molecule is O=C(ONC(=O)C(F)(F)C(F)(F)C(F)(F)F)C(F)(F)F. The van der Waals surface area contributed by atoms with Gasteiger partial charge in [0.05, 0.1) is 0 Å². The fourth-order valence-corrected chi connectivity index (χ4v) is 0.535. The molecule has 0 radical (unpaired) electrons. The molecule has 0 spiro atoms. The van der Waals surface area contributed by atoms with Crippen molar-refractivity contribution < 1.29 is 58.3 Å². The molecule has 0 aromatic rings. The van der Waals surface area contributed by atoms with Crippen molar-refractivity contribution in [3.8, 4) is 0 Å². The largest absolute Gasteiger partial charge is 0.493 e. The van der Waals surface area contributed by atoms with Crippen molar-refractivity contribution in [3.63, 3.8) is 0 Å². The van der Waals surface area contributed by atoms with E-state index in [1.54, 1.807) is 0 Å². The summed E-state index contributed by atoms with van der Waals surface area (Å²) in [5.74, 6) is -20.3. The number of alkyl halides is 10. The first-order valence-corrected chi connectivity index (χ1v) is 3.96. The van der Waals surface area contributed by atoms with Gasteiger partial charge in [-0.05, 0) is 0 Å². The summed E-state index contributed by atoms with van der Waals surface area (Å²) < 4.78 is 119. The molecule has 0 fully saturated rings. The van der Waals surface area contributed by atoms with Gasteiger partial charge in [-0.1, -0.05) is 0 Å². The summed E-state index contributed by atoms with van der Waals surface area (Å²) in [6.45, 7) is 0. The highest BCUT2D eigenvalue weighted by molar-refractivity contribution is 5.86. The van der Waals surface area contributed by atoms with Crippen LogP contribution < -0.4 is 5.48 Å². The molecule has 0 bridgehead atoms. The van der Waals surface area contributed by atoms with E-state index in [9.17, 15) is 53.5 Å². The van der Waals surface area contributed by atoms with Crippen LogP contribution in [0.1, 0.15) is 0 Å². The smallest absolute Gasteiger partial charge is 0.332 e. The van der Waals surface area contributed by atoms with Crippen LogP contribution in [0.15, 0.2) is 0 Å². The molecule has 0 atom stereocenters. The average molecular weight is 325 g/mol. The van der Waals surface area contributed by atoms with Crippen molar-refractivity contribution in [2.45, 2.75) is 24.2 Å². The van der Waals surface area contributed by atoms with Crippen LogP contribution in [0, 0.1) is 0 Å². The predicted octanol–water partition coefficient (Wildman–Crippen LogP) is 1.96. The van der Waals surface area contributed by atoms with Gasteiger partial charge in [0.1, 0.15) is 0 Å². The van der Waals surface area contributed by atoms with E-state index in [-0.39, 0.29) is 5.48 Å². The summed E-state index contributed by atoms with van der Waals surface area (Å²) in [6.07, 6.45) is -12.7. The molecule has 0 heterocycles. The number of hydrogen-bond donors (Lipinski definition) is 1. The van der Waals surface area contributed by atoms with E-state index in [4.69, 9.17) is 0 Å². The minimum atomic E-state index is -6.89. The minimum absolute atomic E-state index is 0.131. The molecule has 0 aromatic carbocycles. The quantitative estimate of drug-likeness (QED) is 0.624. The van der Waals surface area contributed by atoms with Crippen LogP contribution in [-0.2, 0) is 14.4 Å². The molecule has 0 unspecified atom stereocenters. The lowest BCUT2D eigenvalue weighted by atomic mass is 10.1. The van der Waals surface area contributed by atoms with Crippen LogP contribution in [0.3, 0.4) is 0 Å². The number of carbonyl (C=O) groups excluding carboxylic acids is 2. The zero-order chi connectivity index (χ0) is 16.6. The fraction of sp³-hybridized carbons (Fsp3) is 0.667. The van der Waals surface area contributed by atoms with Gasteiger partial charge >= 0.3 is 36.1 Å². The van der Waals surface area contributed by atoms with Crippen LogP contribution in [0.25, 0.3) is 0 Å². The molecule has 118 valence electrons. The molecule has 0 aromatic heterocycles. The second-order valence-corrected chi connectivity index (χ2v) is 2.97. The van der Waals surface area contributed by atoms with Crippen molar-refractivity contribution >= 4 is 11.9 Å². The van der Waals surface area contributed by atoms with Crippen molar-refractivity contribution in [2.24, 2.45) is 0 Å². The highest BCUT2D eigenvalue weighted by atomic mass is 19.4. The lowest BCUT2D eigenvalue weighted by Crippen LogP contribution is -2.59. The second-order valence-electron chi connectivity index (χ2n) is 2.97. The van der Waals surface area contributed by atoms with Gasteiger partial charge in [0.15, 0.2) is 0 Å². The van der Waals surface area contributed by atoms with Gasteiger partial charge in [-0.15, -0.1) is 0 Å². The molecule has 14 heteroatoms. The summed E-state index contributed by atoms with van der Waals surface area (Å²) in [4.78, 5) is 22.8. The minimum Gasteiger partial charge on any atom is -0.332 e. The first-order chi connectivity index (χ1) is 8.55. The Balaban J connectivity index is 4.99. The van der Waals surface area contributed by atoms with Crippen LogP contribution >= 0.6 is 0 Å². The summed E-state index contributed by atoms with van der Waals surface area (Å²) in [7, 11) is 0. The normalized spacial score (nSPS) is 13.9. The van der Waals surface area contributed by atoms with Gasteiger partial charge in [-0.3, -0.25) is 4.79 Å². The van der Waals surface area contributed by atoms with Crippen LogP contribution in [0.2, 0.25) is 0 Å². The molecule has 0 rings (SSSR count). The first kappa shape index (κ1) is 18.2. The van der Waals surface area contributed by atoms with E-state index in [2.05, 4.69) is 4.84 Å². The summed E-state index contributed by atoms with van der Waals surface area (Å²) in [6, 6.07) is 0. The van der Waals surface area contributed by atoms with Gasteiger partial charge in [-0.25, -0.2) is 4.79 Å². The van der Waals surface area contributed by atoms with E-state index in [1.807, 2.05) is 0 Å². The van der Waals surface area contributed by atoms with E-state index in [0.717, 1.165) is 0 Å². The Morgan fingerprint density at radius 3 is 1.50 bits per heavy atom. The standard InChI is InChI=1S/C6HF10NO3/c7-3(8,5(12,13)6(14,15)16)1(18)17-20-2(19)4(9,10)11/h(H,17,18). The lowest BCUT2D eigenvalue weighted by Gasteiger charge is -2.26. The maximum atomic E-state index is 12.5. The number of carbonyl (C=O) groups is 2. The maximum Gasteiger partial charge on any atom is 0.493 e. The molecule has 4 nitrogen and oxygen atoms in total. The Morgan fingerprint density at radius 1 is 0.800 bits per heavy atom. The molecular weight excluding hydrogens is 324 g/mol. The van der Waals surface area contributed by atoms with E-state index < -0.39 is 36.1 Å². The molecule has 0 saturated heterocycles. The Labute approximate surface area is 101 Å². The molecule has 1 N–H and O–H groups in total. The summed E-state index contributed by atoms with van der Waals surface area (Å²) in [5.41, 5.74) is -0.131. The van der Waals surface area contributed by atoms with E-state index in [1.165, 1.54) is 0 Å². The Morgan fingerprint density at radius 2 is 1.20 bits per heavy atom. The van der Waals surface area contributed by atoms with Crippen molar-refractivity contribution in [3.05, 3.63) is 0 Å². The van der Waals surface area contributed by atoms with Gasteiger partial charge in [0.25, 0.3) is 0 Å². The number of halogens is 10. The van der Waals surface area contributed by atoms with Crippen molar-refractivity contribution in [2.75, 3.05) is 0 Å². The third-order valence-electron chi connectivity index (χ3n) is 1.50. The lowest BCUT2D eigenvalue weighted by molar-refractivity contribution is -0.345. The zero-order valence-corrected chi connectivity index (χ0v) is 8.50. The highest BCUT2D eigenvalue weighted by Gasteiger charge is 2.76. The molecule has 0 aliphatic heterocycles. The van der Waals surface area contributed by atoms with Gasteiger partial charge in [0, 0.05) is 0 Å². The van der Waals surface area contributed by atoms with Gasteiger partial charge in [0.2, 0.25) is 0 Å². The number of hydroxylamine groups is 1. The number of amides is 1. The molecule has 20 heavy (non-hydrogen) atoms. The van der Waals surface area contributed by atoms with Gasteiger partial charge < -0.3 is 4.84 Å². The zero-order valence-electron chi connectivity index (χ0n) is 8.50. The predicted molar refractivity (Wildman–Crippen MR) is 36.2 cm³/mol. The number of nitrogens with one attached hydrogen (secondary N) is 1. The van der Waals surface area contributed by atoms with Crippen LogP contribution in [-0.4, -0.2) is 36.1 Å². The first-order valence-electron chi connectivity index (χ1n) is 3.96. The highest BCUT2D eigenvalue weighted by Crippen LogP contribution is 2.46. The maximum absolute atomic E-state index is 12.5. The second kappa shape index (κ2) is 4.97. The number of hydrogen-bond acceptors (Lipinski definition) is 3. The Hall–Kier alpha value is -1.76. The Kier molecular flexibility index (Phi) is 4.53. The molecule has 0 saturated carbocycles. The topological polar surface area (TPSA) is 55.4 Å². The van der Waals surface area contributed by atoms with Crippen LogP contribution in [0.4, 0.5) is 43.9 Å². The molecule has 1 amide bonds. The third-order valence-corrected chi connectivity index (χ3v) is 1.50. The molecular formula is C6HF10NO3. The van der Waals surface area contributed by atoms with E-state index >= 15 is 0 Å². The van der Waals surface area contributed by atoms with E-state index in [0.29, 0.717) is 0 Å². The summed E-state index contributed by atoms with van der Waals surface area (Å²) in [5, 5.41) is 0. The number of rotatable bonds is 2. The molecule has 0 aliphatic rings. The third kappa shape index (κ3) is 3.41. The monoisotopic (exact) mass is 325 g/mol. The van der Waals surface area contributed by atoms with Gasteiger partial charge in [-0.2, -0.15) is 49.4 Å². The van der Waals surface area contributed by atoms with Crippen molar-refractivity contribution in [1.29, 1.82) is 0 Å². The van der Waals surface area contributed by atoms with Crippen LogP contribution in [0.5, 0.6) is 0 Å². The molecule has 0 aliphatic carbocycles. The van der Waals surface area contributed by atoms with Crippen molar-refractivity contribution in [1.82, 2.24) is 5.48 Å². The Bertz CT molecular complexity index is 397. The average Bonchev–Trinajstić information content (AvgIpc) is 2.21.